The van der Waals surface area contributed by atoms with E-state index in [-0.39, 0.29) is 5.54 Å². The zero-order chi connectivity index (χ0) is 13.0. The van der Waals surface area contributed by atoms with E-state index in [1.165, 1.54) is 12.8 Å². The third kappa shape index (κ3) is 3.94. The number of nitrogens with one attached hydrogen (secondary N) is 1. The van der Waals surface area contributed by atoms with Gasteiger partial charge in [0.25, 0.3) is 0 Å². The van der Waals surface area contributed by atoms with Crippen LogP contribution in [0.25, 0.3) is 0 Å². The summed E-state index contributed by atoms with van der Waals surface area (Å²) in [5.41, 5.74) is -0.360. The first-order valence-corrected chi connectivity index (χ1v) is 7.18. The largest absolute Gasteiger partial charge is 0.376 e. The Morgan fingerprint density at radius 1 is 1.50 bits per heavy atom. The van der Waals surface area contributed by atoms with E-state index in [0.717, 1.165) is 39.1 Å². The SMILES string of the molecule is CCC1CN(CCC(C)(C#N)NC2CC2)CCO1. The van der Waals surface area contributed by atoms with E-state index in [0.29, 0.717) is 12.1 Å². The summed E-state index contributed by atoms with van der Waals surface area (Å²) < 4.78 is 5.67. The van der Waals surface area contributed by atoms with Gasteiger partial charge < -0.3 is 4.74 Å². The maximum absolute atomic E-state index is 9.33. The molecule has 2 rings (SSSR count). The third-order valence-corrected chi connectivity index (χ3v) is 3.95. The van der Waals surface area contributed by atoms with Gasteiger partial charge in [0.1, 0.15) is 5.54 Å². The molecule has 1 aliphatic carbocycles. The van der Waals surface area contributed by atoms with Crippen molar-refractivity contribution in [3.05, 3.63) is 0 Å². The minimum absolute atomic E-state index is 0.360. The number of hydrogen-bond donors (Lipinski definition) is 1. The molecular formula is C14H25N3O. The molecule has 0 radical (unpaired) electrons. The average molecular weight is 251 g/mol. The van der Waals surface area contributed by atoms with E-state index < -0.39 is 0 Å². The third-order valence-electron chi connectivity index (χ3n) is 3.95. The first-order valence-electron chi connectivity index (χ1n) is 7.18. The molecule has 0 aromatic heterocycles. The molecule has 4 nitrogen and oxygen atoms in total. The molecule has 1 heterocycles. The van der Waals surface area contributed by atoms with Gasteiger partial charge in [-0.05, 0) is 32.6 Å². The maximum Gasteiger partial charge on any atom is 0.105 e. The lowest BCUT2D eigenvalue weighted by molar-refractivity contribution is -0.0310. The van der Waals surface area contributed by atoms with E-state index in [9.17, 15) is 5.26 Å². The topological polar surface area (TPSA) is 48.3 Å². The Morgan fingerprint density at radius 2 is 2.28 bits per heavy atom. The predicted molar refractivity (Wildman–Crippen MR) is 71.3 cm³/mol. The Morgan fingerprint density at radius 3 is 2.89 bits per heavy atom. The molecule has 18 heavy (non-hydrogen) atoms. The van der Waals surface area contributed by atoms with Crippen LogP contribution in [0.3, 0.4) is 0 Å². The van der Waals surface area contributed by atoms with E-state index in [2.05, 4.69) is 23.2 Å². The van der Waals surface area contributed by atoms with E-state index in [1.807, 2.05) is 6.92 Å². The fourth-order valence-electron chi connectivity index (χ4n) is 2.45. The Balaban J connectivity index is 1.76. The van der Waals surface area contributed by atoms with E-state index in [4.69, 9.17) is 4.74 Å². The molecule has 1 saturated heterocycles. The van der Waals surface area contributed by atoms with Crippen molar-refractivity contribution in [3.63, 3.8) is 0 Å². The number of morpholine rings is 1. The lowest BCUT2D eigenvalue weighted by atomic mass is 9.99. The summed E-state index contributed by atoms with van der Waals surface area (Å²) in [6, 6.07) is 3.03. The Labute approximate surface area is 110 Å². The molecule has 0 aromatic rings. The molecule has 0 amide bonds. The highest BCUT2D eigenvalue weighted by atomic mass is 16.5. The molecule has 0 bridgehead atoms. The number of rotatable bonds is 6. The highest BCUT2D eigenvalue weighted by Gasteiger charge is 2.33. The number of hydrogen-bond acceptors (Lipinski definition) is 4. The highest BCUT2D eigenvalue weighted by molar-refractivity contribution is 5.07. The average Bonchev–Trinajstić information content (AvgIpc) is 3.20. The van der Waals surface area contributed by atoms with Crippen molar-refractivity contribution in [1.82, 2.24) is 10.2 Å². The number of nitrogens with zero attached hydrogens (tertiary/aromatic N) is 2. The molecule has 2 fully saturated rings. The summed E-state index contributed by atoms with van der Waals surface area (Å²) >= 11 is 0. The molecule has 102 valence electrons. The van der Waals surface area contributed by atoms with Gasteiger partial charge in [-0.3, -0.25) is 10.2 Å². The second-order valence-electron chi connectivity index (χ2n) is 5.81. The van der Waals surface area contributed by atoms with Crippen LogP contribution in [0, 0.1) is 11.3 Å². The van der Waals surface area contributed by atoms with Gasteiger partial charge in [-0.15, -0.1) is 0 Å². The minimum Gasteiger partial charge on any atom is -0.376 e. The summed E-state index contributed by atoms with van der Waals surface area (Å²) in [6.07, 6.45) is 4.81. The van der Waals surface area contributed by atoms with Crippen molar-refractivity contribution in [2.24, 2.45) is 0 Å². The van der Waals surface area contributed by atoms with Gasteiger partial charge in [-0.25, -0.2) is 0 Å². The summed E-state index contributed by atoms with van der Waals surface area (Å²) in [5.74, 6) is 0. The number of nitriles is 1. The molecule has 1 aliphatic heterocycles. The molecule has 4 heteroatoms. The van der Waals surface area contributed by atoms with Crippen LogP contribution in [-0.2, 0) is 4.74 Å². The molecule has 2 atom stereocenters. The molecular weight excluding hydrogens is 226 g/mol. The zero-order valence-corrected chi connectivity index (χ0v) is 11.6. The van der Waals surface area contributed by atoms with Crippen LogP contribution in [0.4, 0.5) is 0 Å². The van der Waals surface area contributed by atoms with Gasteiger partial charge in [0.15, 0.2) is 0 Å². The molecule has 1 N–H and O–H groups in total. The van der Waals surface area contributed by atoms with Gasteiger partial charge in [-0.1, -0.05) is 6.92 Å². The van der Waals surface area contributed by atoms with Crippen LogP contribution in [0.15, 0.2) is 0 Å². The van der Waals surface area contributed by atoms with Gasteiger partial charge in [0.05, 0.1) is 18.8 Å². The van der Waals surface area contributed by atoms with E-state index >= 15 is 0 Å². The molecule has 2 aliphatic rings. The van der Waals surface area contributed by atoms with Crippen LogP contribution in [-0.4, -0.2) is 48.8 Å². The fraction of sp³-hybridized carbons (Fsp3) is 0.929. The van der Waals surface area contributed by atoms with Crippen LogP contribution in [0.2, 0.25) is 0 Å². The van der Waals surface area contributed by atoms with Gasteiger partial charge in [-0.2, -0.15) is 5.26 Å². The standard InChI is InChI=1S/C14H25N3O/c1-3-13-10-17(8-9-18-13)7-6-14(2,11-15)16-12-4-5-12/h12-13,16H,3-10H2,1-2H3. The lowest BCUT2D eigenvalue weighted by Crippen LogP contribution is -2.48. The smallest absolute Gasteiger partial charge is 0.105 e. The van der Waals surface area contributed by atoms with Crippen LogP contribution in [0.5, 0.6) is 0 Å². The Kier molecular flexibility index (Phi) is 4.60. The minimum atomic E-state index is -0.360. The van der Waals surface area contributed by atoms with Crippen molar-refractivity contribution in [2.75, 3.05) is 26.2 Å². The Bertz CT molecular complexity index is 311. The molecule has 0 aromatic carbocycles. The lowest BCUT2D eigenvalue weighted by Gasteiger charge is -2.34. The summed E-state index contributed by atoms with van der Waals surface area (Å²) in [6.45, 7) is 8.04. The maximum atomic E-state index is 9.33. The van der Waals surface area contributed by atoms with Crippen molar-refractivity contribution >= 4 is 0 Å². The summed E-state index contributed by atoms with van der Waals surface area (Å²) in [4.78, 5) is 2.43. The second kappa shape index (κ2) is 6.01. The normalized spacial score (nSPS) is 28.6. The molecule has 1 saturated carbocycles. The fourth-order valence-corrected chi connectivity index (χ4v) is 2.45. The van der Waals surface area contributed by atoms with Gasteiger partial charge in [0.2, 0.25) is 0 Å². The van der Waals surface area contributed by atoms with Crippen molar-refractivity contribution in [1.29, 1.82) is 5.26 Å². The van der Waals surface area contributed by atoms with Crippen molar-refractivity contribution < 1.29 is 4.74 Å². The predicted octanol–water partition coefficient (Wildman–Crippen LogP) is 1.52. The first kappa shape index (κ1) is 13.8. The summed E-state index contributed by atoms with van der Waals surface area (Å²) in [7, 11) is 0. The summed E-state index contributed by atoms with van der Waals surface area (Å²) in [5, 5.41) is 12.8. The van der Waals surface area contributed by atoms with Crippen LogP contribution in [0.1, 0.15) is 39.5 Å². The highest BCUT2D eigenvalue weighted by Crippen LogP contribution is 2.24. The second-order valence-corrected chi connectivity index (χ2v) is 5.81. The monoisotopic (exact) mass is 251 g/mol. The zero-order valence-electron chi connectivity index (χ0n) is 11.6. The quantitative estimate of drug-likeness (QED) is 0.777. The van der Waals surface area contributed by atoms with Crippen LogP contribution < -0.4 is 5.32 Å². The first-order chi connectivity index (χ1) is 8.65. The van der Waals surface area contributed by atoms with Crippen molar-refractivity contribution in [3.8, 4) is 6.07 Å². The molecule has 2 unspecified atom stereocenters. The van der Waals surface area contributed by atoms with Gasteiger partial charge in [0, 0.05) is 25.7 Å². The van der Waals surface area contributed by atoms with Crippen LogP contribution >= 0.6 is 0 Å². The number of ether oxygens (including phenoxy) is 1. The Hall–Kier alpha value is -0.630. The van der Waals surface area contributed by atoms with Crippen molar-refractivity contribution in [2.45, 2.75) is 57.2 Å². The van der Waals surface area contributed by atoms with Gasteiger partial charge >= 0.3 is 0 Å². The van der Waals surface area contributed by atoms with E-state index in [1.54, 1.807) is 0 Å². The molecule has 0 spiro atoms.